The lowest BCUT2D eigenvalue weighted by atomic mass is 9.98. The minimum atomic E-state index is -0.610. The summed E-state index contributed by atoms with van der Waals surface area (Å²) in [5, 5.41) is 0.785. The lowest BCUT2D eigenvalue weighted by molar-refractivity contribution is 0.0716. The number of amides is 1. The number of hydrogen-bond acceptors (Lipinski definition) is 6. The molecule has 0 fully saturated rings. The number of carbonyl (C=O) groups is 1. The molecule has 4 rings (SSSR count). The number of benzene rings is 2. The molecule has 0 N–H and O–H groups in total. The zero-order valence-corrected chi connectivity index (χ0v) is 20.6. The van der Waals surface area contributed by atoms with E-state index in [-0.39, 0.29) is 17.1 Å². The second kappa shape index (κ2) is 10.1. The van der Waals surface area contributed by atoms with Gasteiger partial charge in [-0.25, -0.2) is 0 Å². The minimum absolute atomic E-state index is 0.0767. The van der Waals surface area contributed by atoms with E-state index < -0.39 is 6.04 Å². The maximum atomic E-state index is 13.6. The Labute approximate surface area is 203 Å². The highest BCUT2D eigenvalue weighted by Crippen LogP contribution is 2.41. The summed E-state index contributed by atoms with van der Waals surface area (Å²) in [6.45, 7) is 6.02. The second-order valence-electron chi connectivity index (χ2n) is 8.51. The van der Waals surface area contributed by atoms with E-state index in [4.69, 9.17) is 25.5 Å². The van der Waals surface area contributed by atoms with Crippen LogP contribution in [0.3, 0.4) is 0 Å². The van der Waals surface area contributed by atoms with Crippen molar-refractivity contribution in [1.29, 1.82) is 0 Å². The van der Waals surface area contributed by atoms with Crippen LogP contribution in [-0.2, 0) is 0 Å². The van der Waals surface area contributed by atoms with Gasteiger partial charge in [-0.05, 0) is 63.3 Å². The van der Waals surface area contributed by atoms with E-state index in [1.165, 1.54) is 0 Å². The SMILES string of the molecule is CCCOc1ccc(C2c3c(oc4ccc(Cl)cc4c3=O)C(=O)N2CCN(C)C)cc1OCC. The molecule has 1 amide bonds. The van der Waals surface area contributed by atoms with Crippen molar-refractivity contribution >= 4 is 28.5 Å². The van der Waals surface area contributed by atoms with E-state index in [1.54, 1.807) is 23.1 Å². The number of likely N-dealkylation sites (N-methyl/N-ethyl adjacent to an activating group) is 1. The zero-order valence-electron chi connectivity index (χ0n) is 19.9. The lowest BCUT2D eigenvalue weighted by Crippen LogP contribution is -2.35. The molecule has 0 bridgehead atoms. The van der Waals surface area contributed by atoms with Crippen LogP contribution in [-0.4, -0.2) is 56.1 Å². The Hall–Kier alpha value is -3.03. The van der Waals surface area contributed by atoms with Crippen LogP contribution in [0.4, 0.5) is 0 Å². The Morgan fingerprint density at radius 2 is 1.85 bits per heavy atom. The van der Waals surface area contributed by atoms with Gasteiger partial charge < -0.3 is 23.7 Å². The zero-order chi connectivity index (χ0) is 24.4. The Kier molecular flexibility index (Phi) is 7.14. The number of halogens is 1. The van der Waals surface area contributed by atoms with Gasteiger partial charge >= 0.3 is 0 Å². The average molecular weight is 485 g/mol. The molecule has 1 aliphatic rings. The Balaban J connectivity index is 1.89. The quantitative estimate of drug-likeness (QED) is 0.437. The molecule has 0 spiro atoms. The van der Waals surface area contributed by atoms with Crippen LogP contribution in [0.25, 0.3) is 11.0 Å². The van der Waals surface area contributed by atoms with Gasteiger partial charge in [0.15, 0.2) is 16.9 Å². The molecule has 0 saturated carbocycles. The summed E-state index contributed by atoms with van der Waals surface area (Å²) in [6.07, 6.45) is 0.868. The summed E-state index contributed by atoms with van der Waals surface area (Å²) in [7, 11) is 3.88. The van der Waals surface area contributed by atoms with Crippen LogP contribution < -0.4 is 14.9 Å². The third-order valence-corrected chi connectivity index (χ3v) is 6.00. The third-order valence-electron chi connectivity index (χ3n) is 5.76. The molecule has 0 aliphatic carbocycles. The Morgan fingerprint density at radius 1 is 1.06 bits per heavy atom. The topological polar surface area (TPSA) is 72.2 Å². The summed E-state index contributed by atoms with van der Waals surface area (Å²) >= 11 is 6.16. The van der Waals surface area contributed by atoms with E-state index in [0.29, 0.717) is 59.4 Å². The number of carbonyl (C=O) groups excluding carboxylic acids is 1. The molecule has 0 saturated heterocycles. The second-order valence-corrected chi connectivity index (χ2v) is 8.94. The third kappa shape index (κ3) is 4.50. The first-order chi connectivity index (χ1) is 16.3. The van der Waals surface area contributed by atoms with Crippen molar-refractivity contribution in [2.75, 3.05) is 40.4 Å². The number of fused-ring (bicyclic) bond motifs is 2. The van der Waals surface area contributed by atoms with E-state index >= 15 is 0 Å². The van der Waals surface area contributed by atoms with E-state index in [0.717, 1.165) is 12.0 Å². The summed E-state index contributed by atoms with van der Waals surface area (Å²) in [6, 6.07) is 9.81. The molecule has 3 aromatic rings. The summed E-state index contributed by atoms with van der Waals surface area (Å²) in [5.41, 5.74) is 1.16. The van der Waals surface area contributed by atoms with Crippen LogP contribution in [0.1, 0.15) is 48.0 Å². The molecule has 1 aliphatic heterocycles. The van der Waals surface area contributed by atoms with Crippen LogP contribution in [0.2, 0.25) is 5.02 Å². The highest BCUT2D eigenvalue weighted by molar-refractivity contribution is 6.31. The van der Waals surface area contributed by atoms with Crippen molar-refractivity contribution in [1.82, 2.24) is 9.80 Å². The van der Waals surface area contributed by atoms with Gasteiger partial charge in [0, 0.05) is 18.1 Å². The number of ether oxygens (including phenoxy) is 2. The monoisotopic (exact) mass is 484 g/mol. The molecular formula is C26H29ClN2O5. The molecule has 1 aromatic heterocycles. The molecule has 2 aromatic carbocycles. The van der Waals surface area contributed by atoms with Crippen molar-refractivity contribution in [2.24, 2.45) is 0 Å². The van der Waals surface area contributed by atoms with Crippen molar-refractivity contribution < 1.29 is 18.7 Å². The minimum Gasteiger partial charge on any atom is -0.490 e. The maximum absolute atomic E-state index is 13.6. The van der Waals surface area contributed by atoms with Crippen LogP contribution >= 0.6 is 11.6 Å². The van der Waals surface area contributed by atoms with Gasteiger partial charge in [0.1, 0.15) is 5.58 Å². The molecular weight excluding hydrogens is 456 g/mol. The molecule has 34 heavy (non-hydrogen) atoms. The Morgan fingerprint density at radius 3 is 2.56 bits per heavy atom. The van der Waals surface area contributed by atoms with Gasteiger partial charge in [-0.3, -0.25) is 9.59 Å². The number of hydrogen-bond donors (Lipinski definition) is 0. The molecule has 7 nitrogen and oxygen atoms in total. The predicted octanol–water partition coefficient (Wildman–Crippen LogP) is 4.74. The highest BCUT2D eigenvalue weighted by atomic mass is 35.5. The fraction of sp³-hybridized carbons (Fsp3) is 0.385. The fourth-order valence-corrected chi connectivity index (χ4v) is 4.34. The normalized spacial score (nSPS) is 15.3. The van der Waals surface area contributed by atoms with Gasteiger partial charge in [-0.15, -0.1) is 0 Å². The van der Waals surface area contributed by atoms with Gasteiger partial charge in [0.2, 0.25) is 5.76 Å². The molecule has 1 atom stereocenters. The van der Waals surface area contributed by atoms with Crippen molar-refractivity contribution in [2.45, 2.75) is 26.3 Å². The summed E-state index contributed by atoms with van der Waals surface area (Å²) in [4.78, 5) is 30.8. The molecule has 180 valence electrons. The van der Waals surface area contributed by atoms with Gasteiger partial charge in [0.05, 0.1) is 30.2 Å². The van der Waals surface area contributed by atoms with Crippen molar-refractivity contribution in [3.8, 4) is 11.5 Å². The molecule has 0 radical (unpaired) electrons. The van der Waals surface area contributed by atoms with Gasteiger partial charge in [-0.1, -0.05) is 24.6 Å². The Bertz CT molecular complexity index is 1270. The summed E-state index contributed by atoms with van der Waals surface area (Å²) < 4.78 is 17.7. The molecule has 8 heteroatoms. The average Bonchev–Trinajstić information content (AvgIpc) is 3.09. The standard InChI is InChI=1S/C26H29ClN2O5/c1-5-13-33-20-9-7-16(14-21(20)32-6-2)23-22-24(30)18-15-17(27)8-10-19(18)34-25(22)26(31)29(23)12-11-28(3)4/h7-10,14-15,23H,5-6,11-13H2,1-4H3. The highest BCUT2D eigenvalue weighted by Gasteiger charge is 2.42. The summed E-state index contributed by atoms with van der Waals surface area (Å²) in [5.74, 6) is 0.984. The predicted molar refractivity (Wildman–Crippen MR) is 132 cm³/mol. The van der Waals surface area contributed by atoms with Gasteiger partial charge in [-0.2, -0.15) is 0 Å². The van der Waals surface area contributed by atoms with Crippen molar-refractivity contribution in [3.63, 3.8) is 0 Å². The smallest absolute Gasteiger partial charge is 0.290 e. The van der Waals surface area contributed by atoms with E-state index in [9.17, 15) is 9.59 Å². The van der Waals surface area contributed by atoms with Crippen LogP contribution in [0, 0.1) is 0 Å². The van der Waals surface area contributed by atoms with Crippen LogP contribution in [0.15, 0.2) is 45.6 Å². The maximum Gasteiger partial charge on any atom is 0.290 e. The number of nitrogens with zero attached hydrogens (tertiary/aromatic N) is 2. The first kappa shape index (κ1) is 24.1. The van der Waals surface area contributed by atoms with E-state index in [1.807, 2.05) is 51.0 Å². The molecule has 1 unspecified atom stereocenters. The van der Waals surface area contributed by atoms with Gasteiger partial charge in [0.25, 0.3) is 5.91 Å². The number of rotatable bonds is 9. The first-order valence-electron chi connectivity index (χ1n) is 11.5. The lowest BCUT2D eigenvalue weighted by Gasteiger charge is -2.27. The fourth-order valence-electron chi connectivity index (χ4n) is 4.17. The van der Waals surface area contributed by atoms with E-state index in [2.05, 4.69) is 0 Å². The van der Waals surface area contributed by atoms with Crippen LogP contribution in [0.5, 0.6) is 11.5 Å². The first-order valence-corrected chi connectivity index (χ1v) is 11.8. The molecule has 2 heterocycles. The van der Waals surface area contributed by atoms with Crippen molar-refractivity contribution in [3.05, 3.63) is 68.5 Å². The largest absolute Gasteiger partial charge is 0.490 e.